The lowest BCUT2D eigenvalue weighted by Gasteiger charge is -2.26. The highest BCUT2D eigenvalue weighted by atomic mass is 79.9. The Labute approximate surface area is 176 Å². The van der Waals surface area contributed by atoms with Gasteiger partial charge in [-0.1, -0.05) is 40.0 Å². The van der Waals surface area contributed by atoms with Gasteiger partial charge in [-0.05, 0) is 31.2 Å². The van der Waals surface area contributed by atoms with Crippen LogP contribution in [0.25, 0.3) is 0 Å². The fourth-order valence-electron chi connectivity index (χ4n) is 4.55. The Morgan fingerprint density at radius 2 is 2.10 bits per heavy atom. The summed E-state index contributed by atoms with van der Waals surface area (Å²) in [6.07, 6.45) is 5.32. The van der Waals surface area contributed by atoms with E-state index < -0.39 is 23.4 Å². The molecule has 0 unspecified atom stereocenters. The second-order valence-corrected chi connectivity index (χ2v) is 8.09. The van der Waals surface area contributed by atoms with Gasteiger partial charge in [0.25, 0.3) is 11.9 Å². The predicted octanol–water partition coefficient (Wildman–Crippen LogP) is 3.03. The Kier molecular flexibility index (Phi) is 4.81. The standard InChI is InChI=1S/C21H18BrN3O4/c1-3-10-29-17-9-8-13(22)11-14(17)18-12(2)24-21(19(18)25(27)28)15-6-4-5-7-16(15)23-20(21)26/h1,4-9,11-12,18-19,24H,10H2,2H3,(H,23,26)/t12-,18-,19-,21-/m0/s1. The molecule has 4 rings (SSSR count). The summed E-state index contributed by atoms with van der Waals surface area (Å²) in [6, 6.07) is 10.8. The molecule has 29 heavy (non-hydrogen) atoms. The molecule has 2 aromatic carbocycles. The molecule has 2 heterocycles. The van der Waals surface area contributed by atoms with E-state index in [2.05, 4.69) is 32.5 Å². The summed E-state index contributed by atoms with van der Waals surface area (Å²) in [6.45, 7) is 1.89. The summed E-state index contributed by atoms with van der Waals surface area (Å²) in [5, 5.41) is 18.4. The zero-order chi connectivity index (χ0) is 20.8. The van der Waals surface area contributed by atoms with Crippen LogP contribution >= 0.6 is 15.9 Å². The van der Waals surface area contributed by atoms with Crippen LogP contribution in [-0.4, -0.2) is 29.5 Å². The normalized spacial score (nSPS) is 27.3. The molecule has 1 fully saturated rings. The Hall–Kier alpha value is -2.89. The first-order valence-electron chi connectivity index (χ1n) is 9.08. The molecule has 0 aliphatic carbocycles. The van der Waals surface area contributed by atoms with Crippen molar-refractivity contribution in [3.8, 4) is 18.1 Å². The van der Waals surface area contributed by atoms with Crippen LogP contribution in [0.15, 0.2) is 46.9 Å². The summed E-state index contributed by atoms with van der Waals surface area (Å²) in [7, 11) is 0. The van der Waals surface area contributed by atoms with Crippen LogP contribution in [0.1, 0.15) is 24.0 Å². The number of rotatable bonds is 4. The molecule has 8 heteroatoms. The van der Waals surface area contributed by atoms with Crippen molar-refractivity contribution in [3.63, 3.8) is 0 Å². The maximum absolute atomic E-state index is 13.1. The average molecular weight is 456 g/mol. The van der Waals surface area contributed by atoms with E-state index in [4.69, 9.17) is 11.2 Å². The van der Waals surface area contributed by atoms with Gasteiger partial charge in [0.2, 0.25) is 0 Å². The fourth-order valence-corrected chi connectivity index (χ4v) is 4.93. The van der Waals surface area contributed by atoms with Gasteiger partial charge in [-0.2, -0.15) is 0 Å². The SMILES string of the molecule is C#CCOc1ccc(Br)cc1[C@@H]1[C@H](C)N[C@]2(C(=O)Nc3ccccc32)[C@H]1[N+](=O)[O-]. The van der Waals surface area contributed by atoms with Crippen LogP contribution in [0.4, 0.5) is 5.69 Å². The fraction of sp³-hybridized carbons (Fsp3) is 0.286. The Morgan fingerprint density at radius 1 is 1.34 bits per heavy atom. The van der Waals surface area contributed by atoms with E-state index in [1.807, 2.05) is 6.92 Å². The zero-order valence-electron chi connectivity index (χ0n) is 15.5. The quantitative estimate of drug-likeness (QED) is 0.419. The van der Waals surface area contributed by atoms with Gasteiger partial charge in [0.05, 0.1) is 5.92 Å². The molecule has 1 amide bonds. The average Bonchev–Trinajstić information content (AvgIpc) is 3.15. The summed E-state index contributed by atoms with van der Waals surface area (Å²) in [5.41, 5.74) is 0.339. The first-order valence-corrected chi connectivity index (χ1v) is 9.87. The molecule has 0 radical (unpaired) electrons. The number of terminal acetylenes is 1. The number of hydrogen-bond donors (Lipinski definition) is 2. The highest BCUT2D eigenvalue weighted by Gasteiger charge is 2.67. The molecule has 148 valence electrons. The number of hydrogen-bond acceptors (Lipinski definition) is 5. The molecule has 1 spiro atoms. The van der Waals surface area contributed by atoms with Crippen molar-refractivity contribution >= 4 is 27.5 Å². The van der Waals surface area contributed by atoms with Crippen molar-refractivity contribution in [2.75, 3.05) is 11.9 Å². The highest BCUT2D eigenvalue weighted by Crippen LogP contribution is 2.51. The maximum atomic E-state index is 13.1. The second-order valence-electron chi connectivity index (χ2n) is 7.17. The number of nitrogens with one attached hydrogen (secondary N) is 2. The van der Waals surface area contributed by atoms with E-state index in [1.54, 1.807) is 42.5 Å². The van der Waals surface area contributed by atoms with Gasteiger partial charge >= 0.3 is 0 Å². The number of nitro groups is 1. The lowest BCUT2D eigenvalue weighted by Crippen LogP contribution is -2.54. The summed E-state index contributed by atoms with van der Waals surface area (Å²) in [5.74, 6) is 1.85. The lowest BCUT2D eigenvalue weighted by atomic mass is 9.78. The third-order valence-corrected chi connectivity index (χ3v) is 6.10. The van der Waals surface area contributed by atoms with Crippen molar-refractivity contribution in [2.24, 2.45) is 0 Å². The van der Waals surface area contributed by atoms with Crippen LogP contribution in [0.2, 0.25) is 0 Å². The largest absolute Gasteiger partial charge is 0.481 e. The second kappa shape index (κ2) is 7.17. The lowest BCUT2D eigenvalue weighted by molar-refractivity contribution is -0.532. The molecule has 2 aromatic rings. The van der Waals surface area contributed by atoms with Gasteiger partial charge in [0, 0.05) is 32.3 Å². The molecule has 0 aromatic heterocycles. The minimum absolute atomic E-state index is 0.0424. The number of anilines is 1. The molecule has 1 saturated heterocycles. The van der Waals surface area contributed by atoms with Crippen LogP contribution in [0.5, 0.6) is 5.75 Å². The summed E-state index contributed by atoms with van der Waals surface area (Å²) in [4.78, 5) is 25.1. The van der Waals surface area contributed by atoms with Crippen molar-refractivity contribution < 1.29 is 14.5 Å². The van der Waals surface area contributed by atoms with Gasteiger partial charge in [-0.25, -0.2) is 0 Å². The number of benzene rings is 2. The monoisotopic (exact) mass is 455 g/mol. The van der Waals surface area contributed by atoms with Crippen molar-refractivity contribution in [3.05, 3.63) is 68.2 Å². The number of fused-ring (bicyclic) bond motifs is 2. The molecular weight excluding hydrogens is 438 g/mol. The highest BCUT2D eigenvalue weighted by molar-refractivity contribution is 9.10. The first kappa shape index (κ1) is 19.4. The van der Waals surface area contributed by atoms with Crippen molar-refractivity contribution in [1.82, 2.24) is 5.32 Å². The molecule has 2 N–H and O–H groups in total. The molecule has 7 nitrogen and oxygen atoms in total. The molecule has 2 aliphatic heterocycles. The van der Waals surface area contributed by atoms with E-state index in [0.29, 0.717) is 22.6 Å². The van der Waals surface area contributed by atoms with Crippen molar-refractivity contribution in [2.45, 2.75) is 30.5 Å². The maximum Gasteiger partial charge on any atom is 0.256 e. The zero-order valence-corrected chi connectivity index (χ0v) is 17.1. The molecule has 0 saturated carbocycles. The predicted molar refractivity (Wildman–Crippen MR) is 111 cm³/mol. The summed E-state index contributed by atoms with van der Waals surface area (Å²) < 4.78 is 6.43. The van der Waals surface area contributed by atoms with E-state index in [-0.39, 0.29) is 17.6 Å². The number of carbonyl (C=O) groups excluding carboxylic acids is 1. The number of para-hydroxylation sites is 1. The van der Waals surface area contributed by atoms with E-state index in [0.717, 1.165) is 4.47 Å². The number of carbonyl (C=O) groups is 1. The van der Waals surface area contributed by atoms with Crippen molar-refractivity contribution in [1.29, 1.82) is 0 Å². The smallest absolute Gasteiger partial charge is 0.256 e. The first-order chi connectivity index (χ1) is 13.9. The van der Waals surface area contributed by atoms with Crippen LogP contribution < -0.4 is 15.4 Å². The van der Waals surface area contributed by atoms with Crippen LogP contribution in [-0.2, 0) is 10.3 Å². The van der Waals surface area contributed by atoms with Gasteiger partial charge in [0.15, 0.2) is 5.54 Å². The number of ether oxygens (including phenoxy) is 1. The molecule has 0 bridgehead atoms. The number of halogens is 1. The van der Waals surface area contributed by atoms with Gasteiger partial charge < -0.3 is 10.1 Å². The topological polar surface area (TPSA) is 93.5 Å². The number of nitrogens with zero attached hydrogens (tertiary/aromatic N) is 1. The number of amides is 1. The van der Waals surface area contributed by atoms with E-state index in [1.165, 1.54) is 0 Å². The Balaban J connectivity index is 1.89. The third kappa shape index (κ3) is 2.89. The Morgan fingerprint density at radius 3 is 2.83 bits per heavy atom. The van der Waals surface area contributed by atoms with E-state index >= 15 is 0 Å². The van der Waals surface area contributed by atoms with E-state index in [9.17, 15) is 14.9 Å². The Bertz CT molecular complexity index is 1050. The molecule has 2 aliphatic rings. The van der Waals surface area contributed by atoms with Crippen LogP contribution in [0.3, 0.4) is 0 Å². The third-order valence-electron chi connectivity index (χ3n) is 5.61. The minimum atomic E-state index is -1.46. The van der Waals surface area contributed by atoms with Crippen LogP contribution in [0, 0.1) is 22.5 Å². The minimum Gasteiger partial charge on any atom is -0.481 e. The van der Waals surface area contributed by atoms with Gasteiger partial charge in [0.1, 0.15) is 12.4 Å². The molecule has 4 atom stereocenters. The summed E-state index contributed by atoms with van der Waals surface area (Å²) >= 11 is 3.44. The van der Waals surface area contributed by atoms with Gasteiger partial charge in [-0.3, -0.25) is 20.2 Å². The molecular formula is C21H18BrN3O4. The van der Waals surface area contributed by atoms with Gasteiger partial charge in [-0.15, -0.1) is 6.42 Å².